The van der Waals surface area contributed by atoms with E-state index in [0.29, 0.717) is 49.1 Å². The fraction of sp³-hybridized carbons (Fsp3) is 0.375. The highest BCUT2D eigenvalue weighted by Gasteiger charge is 2.44. The number of nitrogens with zero attached hydrogens (tertiary/aromatic N) is 3. The van der Waals surface area contributed by atoms with Crippen molar-refractivity contribution in [3.05, 3.63) is 48.5 Å². The maximum atomic E-state index is 13.1. The van der Waals surface area contributed by atoms with Gasteiger partial charge in [0.1, 0.15) is 12.4 Å². The molecule has 33 heavy (non-hydrogen) atoms. The van der Waals surface area contributed by atoms with E-state index in [4.69, 9.17) is 14.2 Å². The van der Waals surface area contributed by atoms with Gasteiger partial charge in [-0.15, -0.1) is 0 Å². The molecular weight excluding hydrogens is 426 g/mol. The average Bonchev–Trinajstić information content (AvgIpc) is 3.17. The number of anilines is 1. The molecule has 0 spiro atoms. The molecule has 9 heteroatoms. The zero-order chi connectivity index (χ0) is 22.9. The minimum Gasteiger partial charge on any atom is -0.497 e. The highest BCUT2D eigenvalue weighted by atomic mass is 16.6. The predicted molar refractivity (Wildman–Crippen MR) is 118 cm³/mol. The van der Waals surface area contributed by atoms with E-state index in [0.717, 1.165) is 0 Å². The van der Waals surface area contributed by atoms with Gasteiger partial charge in [-0.25, -0.2) is 4.90 Å². The number of hydrogen-bond acceptors (Lipinski definition) is 7. The Morgan fingerprint density at radius 2 is 1.67 bits per heavy atom. The van der Waals surface area contributed by atoms with Gasteiger partial charge in [-0.1, -0.05) is 12.1 Å². The summed E-state index contributed by atoms with van der Waals surface area (Å²) in [4.78, 5) is 43.6. The lowest BCUT2D eigenvalue weighted by Crippen LogP contribution is -2.57. The molecule has 9 nitrogen and oxygen atoms in total. The van der Waals surface area contributed by atoms with E-state index in [9.17, 15) is 14.4 Å². The van der Waals surface area contributed by atoms with E-state index in [1.165, 1.54) is 4.90 Å². The summed E-state index contributed by atoms with van der Waals surface area (Å²) in [5, 5.41) is 0. The molecule has 2 fully saturated rings. The minimum atomic E-state index is -0.688. The third-order valence-electron chi connectivity index (χ3n) is 6.30. The van der Waals surface area contributed by atoms with Gasteiger partial charge in [-0.05, 0) is 36.4 Å². The topological polar surface area (TPSA) is 88.6 Å². The number of carbonyl (C=O) groups is 3. The van der Waals surface area contributed by atoms with E-state index in [2.05, 4.69) is 0 Å². The second-order valence-corrected chi connectivity index (χ2v) is 8.21. The minimum absolute atomic E-state index is 0.127. The molecule has 0 N–H and O–H groups in total. The summed E-state index contributed by atoms with van der Waals surface area (Å²) in [5.74, 6) is 1.28. The van der Waals surface area contributed by atoms with Crippen LogP contribution in [-0.4, -0.2) is 79.6 Å². The Labute approximate surface area is 191 Å². The van der Waals surface area contributed by atoms with Crippen LogP contribution in [0, 0.1) is 0 Å². The van der Waals surface area contributed by atoms with Crippen molar-refractivity contribution < 1.29 is 28.6 Å². The molecule has 0 unspecified atom stereocenters. The SMILES string of the molecule is COc1ccc(N2C(=O)C[C@@H](N3CCN(C(=O)[C@H]4COc5ccccc5O4)CC3)C2=O)cc1. The van der Waals surface area contributed by atoms with Crippen molar-refractivity contribution in [1.29, 1.82) is 0 Å². The first-order valence-corrected chi connectivity index (χ1v) is 11.0. The number of ether oxygens (including phenoxy) is 3. The standard InChI is InChI=1S/C24H25N3O6/c1-31-17-8-6-16(7-9-17)27-22(28)14-18(23(27)29)25-10-12-26(13-11-25)24(30)21-15-32-19-4-2-3-5-20(19)33-21/h2-9,18,21H,10-15H2,1H3/t18-,21-/m1/s1. The van der Waals surface area contributed by atoms with Gasteiger partial charge in [-0.2, -0.15) is 0 Å². The fourth-order valence-electron chi connectivity index (χ4n) is 4.50. The van der Waals surface area contributed by atoms with Crippen LogP contribution in [0.5, 0.6) is 17.2 Å². The molecule has 3 amide bonds. The summed E-state index contributed by atoms with van der Waals surface area (Å²) < 4.78 is 16.7. The second kappa shape index (κ2) is 8.74. The third-order valence-corrected chi connectivity index (χ3v) is 6.30. The number of carbonyl (C=O) groups excluding carboxylic acids is 3. The second-order valence-electron chi connectivity index (χ2n) is 8.21. The molecule has 0 bridgehead atoms. The molecule has 3 aliphatic rings. The Hall–Kier alpha value is -3.59. The van der Waals surface area contributed by atoms with Crippen LogP contribution in [0.15, 0.2) is 48.5 Å². The van der Waals surface area contributed by atoms with Gasteiger partial charge in [0.05, 0.1) is 25.3 Å². The largest absolute Gasteiger partial charge is 0.497 e. The number of fused-ring (bicyclic) bond motifs is 1. The monoisotopic (exact) mass is 451 g/mol. The van der Waals surface area contributed by atoms with Crippen LogP contribution in [0.2, 0.25) is 0 Å². The van der Waals surface area contributed by atoms with Crippen LogP contribution in [-0.2, 0) is 14.4 Å². The van der Waals surface area contributed by atoms with Gasteiger partial charge in [0, 0.05) is 26.2 Å². The molecule has 2 aromatic rings. The smallest absolute Gasteiger partial charge is 0.267 e. The Bertz CT molecular complexity index is 1060. The van der Waals surface area contributed by atoms with Gasteiger partial charge in [0.15, 0.2) is 11.5 Å². The lowest BCUT2D eigenvalue weighted by molar-refractivity contribution is -0.143. The van der Waals surface area contributed by atoms with Crippen LogP contribution < -0.4 is 19.1 Å². The van der Waals surface area contributed by atoms with Gasteiger partial charge in [0.2, 0.25) is 12.0 Å². The van der Waals surface area contributed by atoms with Crippen molar-refractivity contribution in [2.75, 3.05) is 44.8 Å². The fourth-order valence-corrected chi connectivity index (χ4v) is 4.50. The van der Waals surface area contributed by atoms with Crippen molar-refractivity contribution in [2.24, 2.45) is 0 Å². The van der Waals surface area contributed by atoms with Gasteiger partial charge < -0.3 is 19.1 Å². The van der Waals surface area contributed by atoms with E-state index >= 15 is 0 Å². The number of hydrogen-bond donors (Lipinski definition) is 0. The number of para-hydroxylation sites is 2. The summed E-state index contributed by atoms with van der Waals surface area (Å²) in [6, 6.07) is 13.6. The number of amides is 3. The van der Waals surface area contributed by atoms with E-state index in [1.807, 2.05) is 23.1 Å². The van der Waals surface area contributed by atoms with Crippen molar-refractivity contribution in [3.8, 4) is 17.2 Å². The maximum Gasteiger partial charge on any atom is 0.267 e. The highest BCUT2D eigenvalue weighted by Crippen LogP contribution is 2.32. The summed E-state index contributed by atoms with van der Waals surface area (Å²) in [5.41, 5.74) is 0.539. The van der Waals surface area contributed by atoms with Gasteiger partial charge in [-0.3, -0.25) is 19.3 Å². The molecular formula is C24H25N3O6. The average molecular weight is 451 g/mol. The van der Waals surface area contributed by atoms with Crippen molar-refractivity contribution >= 4 is 23.4 Å². The zero-order valence-corrected chi connectivity index (χ0v) is 18.3. The van der Waals surface area contributed by atoms with Gasteiger partial charge in [0.25, 0.3) is 11.8 Å². The summed E-state index contributed by atoms with van der Waals surface area (Å²) in [6.45, 7) is 2.11. The van der Waals surface area contributed by atoms with Crippen molar-refractivity contribution in [3.63, 3.8) is 0 Å². The molecule has 0 saturated carbocycles. The van der Waals surface area contributed by atoms with Crippen LogP contribution >= 0.6 is 0 Å². The third kappa shape index (κ3) is 4.00. The maximum absolute atomic E-state index is 13.1. The number of benzene rings is 2. The molecule has 2 atom stereocenters. The summed E-state index contributed by atoms with van der Waals surface area (Å²) in [7, 11) is 1.56. The molecule has 2 saturated heterocycles. The molecule has 0 radical (unpaired) electrons. The Balaban J connectivity index is 1.19. The van der Waals surface area contributed by atoms with Crippen LogP contribution in [0.4, 0.5) is 5.69 Å². The van der Waals surface area contributed by atoms with Crippen LogP contribution in [0.3, 0.4) is 0 Å². The predicted octanol–water partition coefficient (Wildman–Crippen LogP) is 1.31. The molecule has 5 rings (SSSR count). The highest BCUT2D eigenvalue weighted by molar-refractivity contribution is 6.22. The van der Waals surface area contributed by atoms with Crippen molar-refractivity contribution in [2.45, 2.75) is 18.6 Å². The normalized spacial score (nSPS) is 23.1. The lowest BCUT2D eigenvalue weighted by Gasteiger charge is -2.38. The molecule has 0 aromatic heterocycles. The van der Waals surface area contributed by atoms with Crippen LogP contribution in [0.25, 0.3) is 0 Å². The molecule has 3 heterocycles. The van der Waals surface area contributed by atoms with Crippen molar-refractivity contribution in [1.82, 2.24) is 9.80 Å². The molecule has 172 valence electrons. The number of piperazine rings is 1. The van der Waals surface area contributed by atoms with E-state index < -0.39 is 12.1 Å². The summed E-state index contributed by atoms with van der Waals surface area (Å²) >= 11 is 0. The quantitative estimate of drug-likeness (QED) is 0.648. The number of imide groups is 1. The molecule has 0 aliphatic carbocycles. The Morgan fingerprint density at radius 1 is 0.970 bits per heavy atom. The Morgan fingerprint density at radius 3 is 2.36 bits per heavy atom. The summed E-state index contributed by atoms with van der Waals surface area (Å²) in [6.07, 6.45) is -0.554. The number of rotatable bonds is 4. The first kappa shape index (κ1) is 21.3. The number of methoxy groups -OCH3 is 1. The first-order chi connectivity index (χ1) is 16.0. The van der Waals surface area contributed by atoms with Gasteiger partial charge >= 0.3 is 0 Å². The molecule has 2 aromatic carbocycles. The zero-order valence-electron chi connectivity index (χ0n) is 18.3. The van der Waals surface area contributed by atoms with E-state index in [1.54, 1.807) is 42.3 Å². The molecule has 3 aliphatic heterocycles. The van der Waals surface area contributed by atoms with E-state index in [-0.39, 0.29) is 30.7 Å². The first-order valence-electron chi connectivity index (χ1n) is 11.0. The lowest BCUT2D eigenvalue weighted by atomic mass is 10.1. The van der Waals surface area contributed by atoms with Crippen LogP contribution in [0.1, 0.15) is 6.42 Å². The Kier molecular flexibility index (Phi) is 5.63.